The van der Waals surface area contributed by atoms with E-state index in [1.165, 1.54) is 30.5 Å². The second-order valence-electron chi connectivity index (χ2n) is 5.95. The SMILES string of the molecule is CCc1cccnc1CNC1CCC(C)(C)C1. The van der Waals surface area contributed by atoms with Crippen molar-refractivity contribution in [1.29, 1.82) is 0 Å². The van der Waals surface area contributed by atoms with Gasteiger partial charge in [0.2, 0.25) is 0 Å². The maximum atomic E-state index is 4.48. The predicted octanol–water partition coefficient (Wildman–Crippen LogP) is 3.31. The summed E-state index contributed by atoms with van der Waals surface area (Å²) < 4.78 is 0. The monoisotopic (exact) mass is 232 g/mol. The average molecular weight is 232 g/mol. The Labute approximate surface area is 105 Å². The molecule has 2 rings (SSSR count). The summed E-state index contributed by atoms with van der Waals surface area (Å²) in [5.41, 5.74) is 3.12. The molecule has 0 bridgehead atoms. The summed E-state index contributed by atoms with van der Waals surface area (Å²) in [7, 11) is 0. The van der Waals surface area contributed by atoms with Gasteiger partial charge in [0.1, 0.15) is 0 Å². The molecule has 1 aliphatic rings. The number of hydrogen-bond acceptors (Lipinski definition) is 2. The fourth-order valence-electron chi connectivity index (χ4n) is 2.80. The zero-order chi connectivity index (χ0) is 12.3. The molecule has 1 fully saturated rings. The molecule has 17 heavy (non-hydrogen) atoms. The van der Waals surface area contributed by atoms with Crippen molar-refractivity contribution in [2.24, 2.45) is 5.41 Å². The topological polar surface area (TPSA) is 24.9 Å². The van der Waals surface area contributed by atoms with Crippen molar-refractivity contribution in [2.75, 3.05) is 0 Å². The minimum Gasteiger partial charge on any atom is -0.308 e. The number of aryl methyl sites for hydroxylation is 1. The van der Waals surface area contributed by atoms with Gasteiger partial charge in [-0.15, -0.1) is 0 Å². The van der Waals surface area contributed by atoms with Crippen LogP contribution in [0.4, 0.5) is 0 Å². The minimum atomic E-state index is 0.523. The van der Waals surface area contributed by atoms with Crippen molar-refractivity contribution in [3.05, 3.63) is 29.6 Å². The largest absolute Gasteiger partial charge is 0.308 e. The highest BCUT2D eigenvalue weighted by Gasteiger charge is 2.30. The number of nitrogens with zero attached hydrogens (tertiary/aromatic N) is 1. The number of rotatable bonds is 4. The van der Waals surface area contributed by atoms with E-state index in [1.54, 1.807) is 0 Å². The van der Waals surface area contributed by atoms with E-state index in [0.717, 1.165) is 13.0 Å². The van der Waals surface area contributed by atoms with Gasteiger partial charge in [-0.3, -0.25) is 4.98 Å². The van der Waals surface area contributed by atoms with E-state index in [2.05, 4.69) is 37.1 Å². The summed E-state index contributed by atoms with van der Waals surface area (Å²) in [6.07, 6.45) is 6.91. The van der Waals surface area contributed by atoms with Crippen LogP contribution in [-0.2, 0) is 13.0 Å². The number of pyridine rings is 1. The van der Waals surface area contributed by atoms with Crippen LogP contribution in [-0.4, -0.2) is 11.0 Å². The van der Waals surface area contributed by atoms with Crippen molar-refractivity contribution >= 4 is 0 Å². The molecule has 1 atom stereocenters. The van der Waals surface area contributed by atoms with Crippen LogP contribution in [0.2, 0.25) is 0 Å². The van der Waals surface area contributed by atoms with Crippen molar-refractivity contribution in [2.45, 2.75) is 59.0 Å². The van der Waals surface area contributed by atoms with E-state index < -0.39 is 0 Å². The minimum absolute atomic E-state index is 0.523. The lowest BCUT2D eigenvalue weighted by atomic mass is 9.92. The van der Waals surface area contributed by atoms with Gasteiger partial charge in [0, 0.05) is 18.8 Å². The lowest BCUT2D eigenvalue weighted by Gasteiger charge is -2.18. The molecular weight excluding hydrogens is 208 g/mol. The summed E-state index contributed by atoms with van der Waals surface area (Å²) in [6, 6.07) is 4.89. The van der Waals surface area contributed by atoms with Crippen LogP contribution in [0.15, 0.2) is 18.3 Å². The van der Waals surface area contributed by atoms with Crippen LogP contribution >= 0.6 is 0 Å². The van der Waals surface area contributed by atoms with E-state index in [0.29, 0.717) is 11.5 Å². The summed E-state index contributed by atoms with van der Waals surface area (Å²) in [5.74, 6) is 0. The molecule has 0 aromatic carbocycles. The van der Waals surface area contributed by atoms with Crippen LogP contribution in [0.5, 0.6) is 0 Å². The molecule has 0 radical (unpaired) electrons. The molecule has 1 heterocycles. The molecule has 1 aromatic heterocycles. The number of nitrogens with one attached hydrogen (secondary N) is 1. The molecule has 1 saturated carbocycles. The van der Waals surface area contributed by atoms with E-state index in [9.17, 15) is 0 Å². The van der Waals surface area contributed by atoms with Gasteiger partial charge in [0.05, 0.1) is 5.69 Å². The van der Waals surface area contributed by atoms with E-state index in [1.807, 2.05) is 12.3 Å². The average Bonchev–Trinajstić information content (AvgIpc) is 2.67. The van der Waals surface area contributed by atoms with E-state index >= 15 is 0 Å². The van der Waals surface area contributed by atoms with E-state index in [4.69, 9.17) is 0 Å². The summed E-state index contributed by atoms with van der Waals surface area (Å²) in [6.45, 7) is 7.85. The molecule has 0 spiro atoms. The smallest absolute Gasteiger partial charge is 0.0573 e. The highest BCUT2D eigenvalue weighted by atomic mass is 14.9. The van der Waals surface area contributed by atoms with Crippen molar-refractivity contribution < 1.29 is 0 Å². The first kappa shape index (κ1) is 12.6. The van der Waals surface area contributed by atoms with Gasteiger partial charge in [-0.25, -0.2) is 0 Å². The van der Waals surface area contributed by atoms with Crippen LogP contribution in [0.3, 0.4) is 0 Å². The van der Waals surface area contributed by atoms with Gasteiger partial charge < -0.3 is 5.32 Å². The van der Waals surface area contributed by atoms with Crippen LogP contribution < -0.4 is 5.32 Å². The molecular formula is C15H24N2. The first-order valence-electron chi connectivity index (χ1n) is 6.77. The van der Waals surface area contributed by atoms with Crippen LogP contribution in [0, 0.1) is 5.41 Å². The van der Waals surface area contributed by atoms with Gasteiger partial charge in [-0.2, -0.15) is 0 Å². The van der Waals surface area contributed by atoms with Crippen molar-refractivity contribution in [1.82, 2.24) is 10.3 Å². The Hall–Kier alpha value is -0.890. The fraction of sp³-hybridized carbons (Fsp3) is 0.667. The van der Waals surface area contributed by atoms with Crippen molar-refractivity contribution in [3.8, 4) is 0 Å². The molecule has 1 N–H and O–H groups in total. The molecule has 0 amide bonds. The molecule has 2 heteroatoms. The summed E-state index contributed by atoms with van der Waals surface area (Å²) >= 11 is 0. The Bertz CT molecular complexity index is 371. The third-order valence-electron chi connectivity index (χ3n) is 3.89. The van der Waals surface area contributed by atoms with Crippen LogP contribution in [0.25, 0.3) is 0 Å². The second-order valence-corrected chi connectivity index (χ2v) is 5.95. The van der Waals surface area contributed by atoms with Gasteiger partial charge >= 0.3 is 0 Å². The lowest BCUT2D eigenvalue weighted by Crippen LogP contribution is -2.27. The Kier molecular flexibility index (Phi) is 3.82. The first-order valence-corrected chi connectivity index (χ1v) is 6.77. The third kappa shape index (κ3) is 3.29. The van der Waals surface area contributed by atoms with Gasteiger partial charge in [0.25, 0.3) is 0 Å². The molecule has 1 aromatic rings. The summed E-state index contributed by atoms with van der Waals surface area (Å²) in [4.78, 5) is 4.48. The fourth-order valence-corrected chi connectivity index (χ4v) is 2.80. The standard InChI is InChI=1S/C15H24N2/c1-4-12-6-5-9-16-14(12)11-17-13-7-8-15(2,3)10-13/h5-6,9,13,17H,4,7-8,10-11H2,1-3H3. The van der Waals surface area contributed by atoms with E-state index in [-0.39, 0.29) is 0 Å². The highest BCUT2D eigenvalue weighted by Crippen LogP contribution is 2.36. The maximum Gasteiger partial charge on any atom is 0.0573 e. The van der Waals surface area contributed by atoms with Gasteiger partial charge in [-0.1, -0.05) is 26.8 Å². The zero-order valence-corrected chi connectivity index (χ0v) is 11.3. The summed E-state index contributed by atoms with van der Waals surface area (Å²) in [5, 5.41) is 3.67. The third-order valence-corrected chi connectivity index (χ3v) is 3.89. The quantitative estimate of drug-likeness (QED) is 0.861. The molecule has 2 nitrogen and oxygen atoms in total. The zero-order valence-electron chi connectivity index (χ0n) is 11.3. The molecule has 0 aliphatic heterocycles. The highest BCUT2D eigenvalue weighted by molar-refractivity contribution is 5.19. The normalized spacial score (nSPS) is 22.9. The predicted molar refractivity (Wildman–Crippen MR) is 71.9 cm³/mol. The Morgan fingerprint density at radius 1 is 1.47 bits per heavy atom. The molecule has 0 saturated heterocycles. The Balaban J connectivity index is 1.90. The van der Waals surface area contributed by atoms with Crippen molar-refractivity contribution in [3.63, 3.8) is 0 Å². The first-order chi connectivity index (χ1) is 8.11. The lowest BCUT2D eigenvalue weighted by molar-refractivity contribution is 0.363. The Morgan fingerprint density at radius 2 is 2.29 bits per heavy atom. The van der Waals surface area contributed by atoms with Gasteiger partial charge in [0.15, 0.2) is 0 Å². The van der Waals surface area contributed by atoms with Gasteiger partial charge in [-0.05, 0) is 42.7 Å². The number of hydrogen-bond donors (Lipinski definition) is 1. The maximum absolute atomic E-state index is 4.48. The molecule has 1 aliphatic carbocycles. The second kappa shape index (κ2) is 5.18. The van der Waals surface area contributed by atoms with Crippen LogP contribution in [0.1, 0.15) is 51.3 Å². The molecule has 1 unspecified atom stereocenters. The molecule has 94 valence electrons. The Morgan fingerprint density at radius 3 is 2.94 bits per heavy atom. The number of aromatic nitrogens is 1.